The van der Waals surface area contributed by atoms with Crippen molar-refractivity contribution in [3.63, 3.8) is 0 Å². The minimum atomic E-state index is 0.975. The summed E-state index contributed by atoms with van der Waals surface area (Å²) in [5.74, 6) is 0.975. The van der Waals surface area contributed by atoms with E-state index in [-0.39, 0.29) is 0 Å². The predicted molar refractivity (Wildman–Crippen MR) is 90.2 cm³/mol. The molecule has 1 nitrogen and oxygen atoms in total. The molecular weight excluding hydrogens is 256 g/mol. The lowest BCUT2D eigenvalue weighted by Gasteiger charge is -2.15. The van der Waals surface area contributed by atoms with Gasteiger partial charge in [0.15, 0.2) is 0 Å². The Kier molecular flexibility index (Phi) is 2.61. The number of rotatable bonds is 1. The van der Waals surface area contributed by atoms with Crippen LogP contribution in [0.2, 0.25) is 0 Å². The molecule has 0 aliphatic carbocycles. The molecule has 1 heteroatoms. The van der Waals surface area contributed by atoms with Crippen LogP contribution in [0.5, 0.6) is 5.75 Å². The number of fused-ring (bicyclic) bond motifs is 4. The molecule has 0 aliphatic heterocycles. The molecule has 0 radical (unpaired) electrons. The molecule has 4 aromatic rings. The van der Waals surface area contributed by atoms with Crippen LogP contribution in [0, 0.1) is 6.92 Å². The molecule has 0 fully saturated rings. The molecule has 4 rings (SSSR count). The monoisotopic (exact) mass is 272 g/mol. The lowest BCUT2D eigenvalue weighted by Crippen LogP contribution is -1.91. The van der Waals surface area contributed by atoms with E-state index in [0.717, 1.165) is 5.75 Å². The van der Waals surface area contributed by atoms with Crippen molar-refractivity contribution in [1.29, 1.82) is 0 Å². The van der Waals surface area contributed by atoms with Gasteiger partial charge in [0.25, 0.3) is 0 Å². The highest BCUT2D eigenvalue weighted by atomic mass is 16.5. The Labute approximate surface area is 123 Å². The summed E-state index contributed by atoms with van der Waals surface area (Å²) < 4.78 is 5.80. The van der Waals surface area contributed by atoms with Crippen molar-refractivity contribution in [2.45, 2.75) is 6.92 Å². The lowest BCUT2D eigenvalue weighted by molar-refractivity contribution is 0.425. The van der Waals surface area contributed by atoms with Gasteiger partial charge in [0.2, 0.25) is 0 Å². The number of ether oxygens (including phenoxy) is 1. The van der Waals surface area contributed by atoms with Gasteiger partial charge in [-0.3, -0.25) is 0 Å². The molecular formula is C20H16O. The number of benzene rings is 4. The lowest BCUT2D eigenvalue weighted by atomic mass is 9.93. The zero-order valence-electron chi connectivity index (χ0n) is 12.2. The molecule has 4 aromatic carbocycles. The fourth-order valence-electron chi connectivity index (χ4n) is 3.33. The van der Waals surface area contributed by atoms with E-state index in [1.54, 1.807) is 7.11 Å². The first-order chi connectivity index (χ1) is 10.3. The molecule has 21 heavy (non-hydrogen) atoms. The molecule has 0 aromatic heterocycles. The van der Waals surface area contributed by atoms with Crippen molar-refractivity contribution in [3.8, 4) is 5.75 Å². The fourth-order valence-corrected chi connectivity index (χ4v) is 3.33. The van der Waals surface area contributed by atoms with Gasteiger partial charge < -0.3 is 4.74 Å². The van der Waals surface area contributed by atoms with Crippen LogP contribution in [0.25, 0.3) is 32.3 Å². The third-order valence-corrected chi connectivity index (χ3v) is 4.34. The van der Waals surface area contributed by atoms with Crippen LogP contribution in [-0.2, 0) is 0 Å². The maximum Gasteiger partial charge on any atom is 0.135 e. The van der Waals surface area contributed by atoms with Gasteiger partial charge in [-0.1, -0.05) is 60.7 Å². The molecule has 0 spiro atoms. The van der Waals surface area contributed by atoms with E-state index in [9.17, 15) is 0 Å². The number of aryl methyl sites for hydroxylation is 1. The molecule has 0 bridgehead atoms. The van der Waals surface area contributed by atoms with Crippen LogP contribution in [0.1, 0.15) is 5.56 Å². The highest BCUT2D eigenvalue weighted by Crippen LogP contribution is 2.41. The summed E-state index contributed by atoms with van der Waals surface area (Å²) in [5.41, 5.74) is 1.31. The van der Waals surface area contributed by atoms with Crippen molar-refractivity contribution >= 4 is 32.3 Å². The van der Waals surface area contributed by atoms with Gasteiger partial charge >= 0.3 is 0 Å². The third kappa shape index (κ3) is 1.64. The molecule has 0 aliphatic rings. The van der Waals surface area contributed by atoms with Gasteiger partial charge in [-0.15, -0.1) is 0 Å². The van der Waals surface area contributed by atoms with Crippen molar-refractivity contribution in [3.05, 3.63) is 66.2 Å². The predicted octanol–water partition coefficient (Wildman–Crippen LogP) is 5.46. The number of methoxy groups -OCH3 is 1. The summed E-state index contributed by atoms with van der Waals surface area (Å²) >= 11 is 0. The van der Waals surface area contributed by atoms with Gasteiger partial charge in [-0.2, -0.15) is 0 Å². The van der Waals surface area contributed by atoms with E-state index in [2.05, 4.69) is 67.6 Å². The summed E-state index contributed by atoms with van der Waals surface area (Å²) in [6.07, 6.45) is 0. The fraction of sp³-hybridized carbons (Fsp3) is 0.100. The SMILES string of the molecule is COc1c2ccccc2c(C)c2ccc3ccccc3c12. The largest absolute Gasteiger partial charge is 0.495 e. The summed E-state index contributed by atoms with van der Waals surface area (Å²) in [6.45, 7) is 2.19. The van der Waals surface area contributed by atoms with Crippen LogP contribution in [-0.4, -0.2) is 7.11 Å². The van der Waals surface area contributed by atoms with E-state index in [1.807, 2.05) is 0 Å². The highest BCUT2D eigenvalue weighted by Gasteiger charge is 2.13. The van der Waals surface area contributed by atoms with Gasteiger partial charge in [-0.25, -0.2) is 0 Å². The van der Waals surface area contributed by atoms with Crippen molar-refractivity contribution in [2.75, 3.05) is 7.11 Å². The average Bonchev–Trinajstić information content (AvgIpc) is 2.55. The Hall–Kier alpha value is -2.54. The molecule has 0 amide bonds. The maximum atomic E-state index is 5.80. The maximum absolute atomic E-state index is 5.80. The van der Waals surface area contributed by atoms with Crippen molar-refractivity contribution in [1.82, 2.24) is 0 Å². The highest BCUT2D eigenvalue weighted by molar-refractivity contribution is 6.18. The minimum absolute atomic E-state index is 0.975. The quantitative estimate of drug-likeness (QED) is 0.330. The second-order valence-electron chi connectivity index (χ2n) is 5.41. The number of hydrogen-bond donors (Lipinski definition) is 0. The third-order valence-electron chi connectivity index (χ3n) is 4.34. The van der Waals surface area contributed by atoms with Gasteiger partial charge in [0.05, 0.1) is 7.11 Å². The van der Waals surface area contributed by atoms with Crippen LogP contribution in [0.15, 0.2) is 60.7 Å². The molecule has 102 valence electrons. The second-order valence-corrected chi connectivity index (χ2v) is 5.41. The molecule has 0 unspecified atom stereocenters. The average molecular weight is 272 g/mol. The molecule has 0 heterocycles. The first-order valence-corrected chi connectivity index (χ1v) is 7.18. The molecule has 0 atom stereocenters. The van der Waals surface area contributed by atoms with E-state index >= 15 is 0 Å². The van der Waals surface area contributed by atoms with Crippen molar-refractivity contribution < 1.29 is 4.74 Å². The van der Waals surface area contributed by atoms with Crippen LogP contribution in [0.3, 0.4) is 0 Å². The summed E-state index contributed by atoms with van der Waals surface area (Å²) in [4.78, 5) is 0. The number of hydrogen-bond acceptors (Lipinski definition) is 1. The Morgan fingerprint density at radius 2 is 1.33 bits per heavy atom. The summed E-state index contributed by atoms with van der Waals surface area (Å²) in [5, 5.41) is 7.42. The Balaban J connectivity index is 2.38. The van der Waals surface area contributed by atoms with Crippen LogP contribution < -0.4 is 4.74 Å². The van der Waals surface area contributed by atoms with Crippen LogP contribution >= 0.6 is 0 Å². The second kappa shape index (κ2) is 4.49. The zero-order chi connectivity index (χ0) is 14.4. The van der Waals surface area contributed by atoms with E-state index < -0.39 is 0 Å². The summed E-state index contributed by atoms with van der Waals surface area (Å²) in [6, 6.07) is 21.4. The Bertz CT molecular complexity index is 983. The molecule has 0 saturated heterocycles. The molecule has 0 N–H and O–H groups in total. The first kappa shape index (κ1) is 12.2. The standard InChI is InChI=1S/C20H16O/c1-13-15-8-5-6-10-18(15)20(21-2)19-16(13)12-11-14-7-3-4-9-17(14)19/h3-12H,1-2H3. The zero-order valence-corrected chi connectivity index (χ0v) is 12.2. The first-order valence-electron chi connectivity index (χ1n) is 7.18. The van der Waals surface area contributed by atoms with Gasteiger partial charge in [0.1, 0.15) is 5.75 Å². The minimum Gasteiger partial charge on any atom is -0.495 e. The Morgan fingerprint density at radius 1 is 0.667 bits per heavy atom. The van der Waals surface area contributed by atoms with E-state index in [4.69, 9.17) is 4.74 Å². The molecule has 0 saturated carbocycles. The Morgan fingerprint density at radius 3 is 2.10 bits per heavy atom. The topological polar surface area (TPSA) is 9.23 Å². The van der Waals surface area contributed by atoms with E-state index in [1.165, 1.54) is 37.9 Å². The van der Waals surface area contributed by atoms with Gasteiger partial charge in [0, 0.05) is 10.8 Å². The van der Waals surface area contributed by atoms with Crippen LogP contribution in [0.4, 0.5) is 0 Å². The van der Waals surface area contributed by atoms with Crippen molar-refractivity contribution in [2.24, 2.45) is 0 Å². The normalized spacial score (nSPS) is 11.3. The van der Waals surface area contributed by atoms with E-state index in [0.29, 0.717) is 0 Å². The smallest absolute Gasteiger partial charge is 0.135 e. The van der Waals surface area contributed by atoms with Gasteiger partial charge in [-0.05, 0) is 34.0 Å². The summed E-state index contributed by atoms with van der Waals surface area (Å²) in [7, 11) is 1.76.